The van der Waals surface area contributed by atoms with Crippen LogP contribution >= 0.6 is 11.6 Å². The number of carbonyl (C=O) groups excluding carboxylic acids is 1. The van der Waals surface area contributed by atoms with Crippen LogP contribution in [0, 0.1) is 6.92 Å². The first kappa shape index (κ1) is 16.3. The first-order chi connectivity index (χ1) is 11.6. The molecule has 1 aromatic carbocycles. The minimum Gasteiger partial charge on any atom is -0.345 e. The molecule has 0 saturated carbocycles. The Morgan fingerprint density at radius 1 is 1.33 bits per heavy atom. The van der Waals surface area contributed by atoms with E-state index in [1.807, 2.05) is 38.1 Å². The van der Waals surface area contributed by atoms with Gasteiger partial charge >= 0.3 is 0 Å². The summed E-state index contributed by atoms with van der Waals surface area (Å²) in [5.41, 5.74) is 4.06. The third-order valence-electron chi connectivity index (χ3n) is 3.78. The Kier molecular flexibility index (Phi) is 4.66. The van der Waals surface area contributed by atoms with E-state index >= 15 is 0 Å². The lowest BCUT2D eigenvalue weighted by atomic mass is 10.1. The van der Waals surface area contributed by atoms with Gasteiger partial charge in [-0.1, -0.05) is 41.4 Å². The van der Waals surface area contributed by atoms with Crippen LogP contribution in [0.4, 0.5) is 0 Å². The van der Waals surface area contributed by atoms with Crippen molar-refractivity contribution in [2.45, 2.75) is 26.9 Å². The van der Waals surface area contributed by atoms with Crippen LogP contribution in [0.1, 0.15) is 28.7 Å². The van der Waals surface area contributed by atoms with Crippen LogP contribution in [0.5, 0.6) is 0 Å². The van der Waals surface area contributed by atoms with Gasteiger partial charge in [0.15, 0.2) is 0 Å². The van der Waals surface area contributed by atoms with Crippen LogP contribution < -0.4 is 5.32 Å². The van der Waals surface area contributed by atoms with Gasteiger partial charge in [-0.25, -0.2) is 0 Å². The number of rotatable bonds is 5. The molecular formula is C17H18ClN5O. The quantitative estimate of drug-likeness (QED) is 0.747. The maximum absolute atomic E-state index is 12.3. The smallest absolute Gasteiger partial charge is 0.269 e. The van der Waals surface area contributed by atoms with E-state index in [2.05, 4.69) is 20.6 Å². The average molecular weight is 344 g/mol. The number of aromatic amines is 1. The summed E-state index contributed by atoms with van der Waals surface area (Å²) in [6.07, 6.45) is 1.58. The molecule has 2 heterocycles. The Morgan fingerprint density at radius 3 is 2.79 bits per heavy atom. The van der Waals surface area contributed by atoms with E-state index in [1.54, 1.807) is 16.9 Å². The molecule has 0 aliphatic rings. The number of hydrogen-bond donors (Lipinski definition) is 2. The van der Waals surface area contributed by atoms with Crippen LogP contribution in [0.2, 0.25) is 5.02 Å². The highest BCUT2D eigenvalue weighted by molar-refractivity contribution is 6.31. The van der Waals surface area contributed by atoms with E-state index in [4.69, 9.17) is 11.6 Å². The Hall–Kier alpha value is -2.60. The van der Waals surface area contributed by atoms with Crippen LogP contribution in [0.25, 0.3) is 11.3 Å². The fourth-order valence-corrected chi connectivity index (χ4v) is 2.61. The minimum atomic E-state index is -0.235. The Labute approximate surface area is 144 Å². The Morgan fingerprint density at radius 2 is 2.08 bits per heavy atom. The first-order valence-electron chi connectivity index (χ1n) is 7.69. The SMILES string of the molecule is CCn1ncc(Cl)c1CNC(=O)c1cc(-c2ccc(C)cc2)n[nH]1. The van der Waals surface area contributed by atoms with Crippen LogP contribution in [-0.2, 0) is 13.1 Å². The molecule has 0 aliphatic carbocycles. The average Bonchev–Trinajstić information content (AvgIpc) is 3.20. The summed E-state index contributed by atoms with van der Waals surface area (Å²) >= 11 is 6.10. The molecule has 3 rings (SSSR count). The molecule has 124 valence electrons. The number of amides is 1. The predicted octanol–water partition coefficient (Wildman–Crippen LogP) is 3.18. The summed E-state index contributed by atoms with van der Waals surface area (Å²) in [6.45, 7) is 5.00. The van der Waals surface area contributed by atoms with Crippen molar-refractivity contribution in [3.63, 3.8) is 0 Å². The number of carbonyl (C=O) groups is 1. The maximum atomic E-state index is 12.3. The van der Waals surface area contributed by atoms with Crippen molar-refractivity contribution in [1.29, 1.82) is 0 Å². The fourth-order valence-electron chi connectivity index (χ4n) is 2.41. The lowest BCUT2D eigenvalue weighted by Gasteiger charge is -2.06. The molecule has 6 nitrogen and oxygen atoms in total. The van der Waals surface area contributed by atoms with E-state index < -0.39 is 0 Å². The van der Waals surface area contributed by atoms with Gasteiger partial charge in [-0.3, -0.25) is 14.6 Å². The molecule has 1 amide bonds. The number of nitrogens with one attached hydrogen (secondary N) is 2. The second-order valence-electron chi connectivity index (χ2n) is 5.47. The molecule has 0 unspecified atom stereocenters. The number of halogens is 1. The standard InChI is InChI=1S/C17H18ClN5O/c1-3-23-16(13(18)9-20-23)10-19-17(24)15-8-14(21-22-15)12-6-4-11(2)5-7-12/h4-9H,3,10H2,1-2H3,(H,19,24)(H,21,22). The second kappa shape index (κ2) is 6.88. The lowest BCUT2D eigenvalue weighted by molar-refractivity contribution is 0.0945. The van der Waals surface area contributed by atoms with Crippen molar-refractivity contribution in [1.82, 2.24) is 25.3 Å². The number of aromatic nitrogens is 4. The summed E-state index contributed by atoms with van der Waals surface area (Å²) in [6, 6.07) is 9.72. The van der Waals surface area contributed by atoms with Crippen molar-refractivity contribution in [3.05, 3.63) is 58.5 Å². The fraction of sp³-hybridized carbons (Fsp3) is 0.235. The van der Waals surface area contributed by atoms with Crippen molar-refractivity contribution in [2.24, 2.45) is 0 Å². The molecule has 2 N–H and O–H groups in total. The van der Waals surface area contributed by atoms with Gasteiger partial charge < -0.3 is 5.32 Å². The first-order valence-corrected chi connectivity index (χ1v) is 8.07. The number of benzene rings is 1. The van der Waals surface area contributed by atoms with Crippen molar-refractivity contribution >= 4 is 17.5 Å². The summed E-state index contributed by atoms with van der Waals surface area (Å²) in [7, 11) is 0. The van der Waals surface area contributed by atoms with Crippen LogP contribution in [-0.4, -0.2) is 25.9 Å². The number of H-pyrrole nitrogens is 1. The van der Waals surface area contributed by atoms with E-state index in [9.17, 15) is 4.79 Å². The summed E-state index contributed by atoms with van der Waals surface area (Å²) in [4.78, 5) is 12.3. The molecule has 24 heavy (non-hydrogen) atoms. The van der Waals surface area contributed by atoms with Crippen molar-refractivity contribution in [3.8, 4) is 11.3 Å². The zero-order valence-corrected chi connectivity index (χ0v) is 14.3. The number of hydrogen-bond acceptors (Lipinski definition) is 3. The normalized spacial score (nSPS) is 10.8. The molecular weight excluding hydrogens is 326 g/mol. The van der Waals surface area contributed by atoms with E-state index in [0.717, 1.165) is 17.0 Å². The van der Waals surface area contributed by atoms with Crippen molar-refractivity contribution in [2.75, 3.05) is 0 Å². The van der Waals surface area contributed by atoms with Gasteiger partial charge in [0, 0.05) is 12.1 Å². The molecule has 0 fully saturated rings. The molecule has 3 aromatic rings. The van der Waals surface area contributed by atoms with Gasteiger partial charge in [0.2, 0.25) is 0 Å². The highest BCUT2D eigenvalue weighted by atomic mass is 35.5. The second-order valence-corrected chi connectivity index (χ2v) is 5.88. The zero-order valence-electron chi connectivity index (χ0n) is 13.5. The maximum Gasteiger partial charge on any atom is 0.269 e. The van der Waals surface area contributed by atoms with Gasteiger partial charge in [-0.05, 0) is 19.9 Å². The minimum absolute atomic E-state index is 0.235. The molecule has 0 bridgehead atoms. The molecule has 0 radical (unpaired) electrons. The third-order valence-corrected chi connectivity index (χ3v) is 4.10. The van der Waals surface area contributed by atoms with Gasteiger partial charge in [0.1, 0.15) is 5.69 Å². The highest BCUT2D eigenvalue weighted by Crippen LogP contribution is 2.18. The summed E-state index contributed by atoms with van der Waals surface area (Å²) < 4.78 is 1.76. The third kappa shape index (κ3) is 3.33. The highest BCUT2D eigenvalue weighted by Gasteiger charge is 2.13. The molecule has 7 heteroatoms. The van der Waals surface area contributed by atoms with E-state index in [1.165, 1.54) is 5.56 Å². The molecule has 0 saturated heterocycles. The summed E-state index contributed by atoms with van der Waals surface area (Å²) in [5.74, 6) is -0.235. The Balaban J connectivity index is 1.70. The van der Waals surface area contributed by atoms with Crippen molar-refractivity contribution < 1.29 is 4.79 Å². The van der Waals surface area contributed by atoms with E-state index in [-0.39, 0.29) is 5.91 Å². The molecule has 0 atom stereocenters. The zero-order chi connectivity index (χ0) is 17.1. The number of nitrogens with zero attached hydrogens (tertiary/aromatic N) is 3. The molecule has 2 aromatic heterocycles. The van der Waals surface area contributed by atoms with Gasteiger partial charge in [0.05, 0.1) is 29.2 Å². The topological polar surface area (TPSA) is 75.6 Å². The van der Waals surface area contributed by atoms with Crippen LogP contribution in [0.3, 0.4) is 0 Å². The van der Waals surface area contributed by atoms with E-state index in [0.29, 0.717) is 23.8 Å². The lowest BCUT2D eigenvalue weighted by Crippen LogP contribution is -2.24. The Bertz CT molecular complexity index is 850. The van der Waals surface area contributed by atoms with Gasteiger partial charge in [-0.2, -0.15) is 10.2 Å². The number of aryl methyl sites for hydroxylation is 2. The van der Waals surface area contributed by atoms with Crippen LogP contribution in [0.15, 0.2) is 36.5 Å². The monoisotopic (exact) mass is 343 g/mol. The van der Waals surface area contributed by atoms with Gasteiger partial charge in [-0.15, -0.1) is 0 Å². The van der Waals surface area contributed by atoms with Gasteiger partial charge in [0.25, 0.3) is 5.91 Å². The molecule has 0 aliphatic heterocycles. The predicted molar refractivity (Wildman–Crippen MR) is 92.8 cm³/mol. The largest absolute Gasteiger partial charge is 0.345 e. The molecule has 0 spiro atoms. The summed E-state index contributed by atoms with van der Waals surface area (Å²) in [5, 5.41) is 14.5.